The van der Waals surface area contributed by atoms with Crippen LogP contribution in [0.3, 0.4) is 0 Å². The van der Waals surface area contributed by atoms with Crippen molar-refractivity contribution in [3.63, 3.8) is 0 Å². The molecule has 1 aliphatic rings. The highest BCUT2D eigenvalue weighted by Gasteiger charge is 2.27. The normalized spacial score (nSPS) is 14.4. The molecule has 6 heteroatoms. The molecular formula is C15H20ClN5. The van der Waals surface area contributed by atoms with Gasteiger partial charge in [0, 0.05) is 18.5 Å². The van der Waals surface area contributed by atoms with E-state index in [4.69, 9.17) is 11.6 Å². The predicted molar refractivity (Wildman–Crippen MR) is 84.2 cm³/mol. The Labute approximate surface area is 129 Å². The van der Waals surface area contributed by atoms with Gasteiger partial charge in [0.1, 0.15) is 16.8 Å². The van der Waals surface area contributed by atoms with Crippen molar-refractivity contribution in [2.45, 2.75) is 52.0 Å². The lowest BCUT2D eigenvalue weighted by molar-refractivity contribution is 0.559. The Morgan fingerprint density at radius 1 is 1.38 bits per heavy atom. The largest absolute Gasteiger partial charge is 0.337 e. The number of anilines is 2. The molecule has 1 aliphatic carbocycles. The molecule has 0 unspecified atom stereocenters. The summed E-state index contributed by atoms with van der Waals surface area (Å²) >= 11 is 6.09. The molecule has 0 bridgehead atoms. The van der Waals surface area contributed by atoms with Crippen LogP contribution in [0.4, 0.5) is 11.5 Å². The monoisotopic (exact) mass is 305 g/mol. The predicted octanol–water partition coefficient (Wildman–Crippen LogP) is 4.06. The maximum absolute atomic E-state index is 6.09. The Hall–Kier alpha value is -1.62. The zero-order valence-corrected chi connectivity index (χ0v) is 13.2. The van der Waals surface area contributed by atoms with Crippen LogP contribution in [-0.4, -0.2) is 19.7 Å². The third-order valence-electron chi connectivity index (χ3n) is 3.74. The van der Waals surface area contributed by atoms with E-state index < -0.39 is 0 Å². The lowest BCUT2D eigenvalue weighted by atomic mass is 10.3. The third-order valence-corrected chi connectivity index (χ3v) is 3.94. The molecular weight excluding hydrogens is 286 g/mol. The van der Waals surface area contributed by atoms with Crippen molar-refractivity contribution in [2.75, 3.05) is 5.32 Å². The minimum absolute atomic E-state index is 0.484. The van der Waals surface area contributed by atoms with Crippen molar-refractivity contribution < 1.29 is 0 Å². The van der Waals surface area contributed by atoms with Crippen LogP contribution in [0.1, 0.15) is 50.0 Å². The molecule has 0 aromatic carbocycles. The van der Waals surface area contributed by atoms with Gasteiger partial charge in [-0.2, -0.15) is 5.10 Å². The Bertz CT molecular complexity index is 633. The van der Waals surface area contributed by atoms with Gasteiger partial charge >= 0.3 is 0 Å². The first-order valence-electron chi connectivity index (χ1n) is 7.51. The molecule has 0 amide bonds. The minimum Gasteiger partial charge on any atom is -0.337 e. The molecule has 112 valence electrons. The molecule has 2 heterocycles. The zero-order chi connectivity index (χ0) is 14.8. The molecule has 0 spiro atoms. The van der Waals surface area contributed by atoms with E-state index in [1.165, 1.54) is 0 Å². The van der Waals surface area contributed by atoms with Gasteiger partial charge in [0.05, 0.1) is 17.6 Å². The summed E-state index contributed by atoms with van der Waals surface area (Å²) < 4.78 is 2.02. The number of unbranched alkanes of at least 4 members (excludes halogenated alkanes) is 1. The van der Waals surface area contributed by atoms with Crippen LogP contribution in [0.2, 0.25) is 5.15 Å². The molecule has 1 saturated carbocycles. The summed E-state index contributed by atoms with van der Waals surface area (Å²) in [6, 6.07) is 1.76. The third kappa shape index (κ3) is 3.35. The van der Waals surface area contributed by atoms with E-state index in [2.05, 4.69) is 34.2 Å². The molecule has 1 N–H and O–H groups in total. The van der Waals surface area contributed by atoms with E-state index in [1.807, 2.05) is 10.9 Å². The van der Waals surface area contributed by atoms with Crippen molar-refractivity contribution in [1.82, 2.24) is 19.7 Å². The fraction of sp³-hybridized carbons (Fsp3) is 0.533. The van der Waals surface area contributed by atoms with E-state index in [0.29, 0.717) is 11.1 Å². The quantitative estimate of drug-likeness (QED) is 0.818. The highest BCUT2D eigenvalue weighted by Crippen LogP contribution is 2.39. The summed E-state index contributed by atoms with van der Waals surface area (Å²) in [6.07, 6.45) is 6.46. The molecule has 21 heavy (non-hydrogen) atoms. The van der Waals surface area contributed by atoms with Crippen LogP contribution in [0.5, 0.6) is 0 Å². The molecule has 1 fully saturated rings. The van der Waals surface area contributed by atoms with Gasteiger partial charge in [0.2, 0.25) is 0 Å². The molecule has 0 atom stereocenters. The second-order valence-corrected chi connectivity index (χ2v) is 5.94. The van der Waals surface area contributed by atoms with Crippen molar-refractivity contribution in [1.29, 1.82) is 0 Å². The van der Waals surface area contributed by atoms with Crippen LogP contribution < -0.4 is 5.32 Å². The summed E-state index contributed by atoms with van der Waals surface area (Å²) in [5.41, 5.74) is 2.09. The first-order chi connectivity index (χ1) is 10.2. The van der Waals surface area contributed by atoms with Gasteiger partial charge in [0.25, 0.3) is 0 Å². The fourth-order valence-corrected chi connectivity index (χ4v) is 2.45. The van der Waals surface area contributed by atoms with Gasteiger partial charge in [0.15, 0.2) is 0 Å². The highest BCUT2D eigenvalue weighted by atomic mass is 35.5. The van der Waals surface area contributed by atoms with Crippen molar-refractivity contribution >= 4 is 23.1 Å². The summed E-state index contributed by atoms with van der Waals surface area (Å²) in [5, 5.41) is 8.22. The van der Waals surface area contributed by atoms with Crippen molar-refractivity contribution in [3.8, 4) is 0 Å². The van der Waals surface area contributed by atoms with E-state index in [0.717, 1.165) is 55.3 Å². The smallest absolute Gasteiger partial charge is 0.135 e. The Morgan fingerprint density at radius 2 is 2.19 bits per heavy atom. The lowest BCUT2D eigenvalue weighted by Crippen LogP contribution is -2.03. The van der Waals surface area contributed by atoms with E-state index in [1.54, 1.807) is 6.07 Å². The topological polar surface area (TPSA) is 55.6 Å². The maximum atomic E-state index is 6.09. The molecule has 2 aromatic heterocycles. The molecule has 0 radical (unpaired) electrons. The first-order valence-corrected chi connectivity index (χ1v) is 7.89. The van der Waals surface area contributed by atoms with Crippen molar-refractivity contribution in [2.24, 2.45) is 0 Å². The number of halogens is 1. The van der Waals surface area contributed by atoms with Crippen LogP contribution in [0.25, 0.3) is 0 Å². The number of nitrogens with one attached hydrogen (secondary N) is 1. The van der Waals surface area contributed by atoms with Crippen LogP contribution in [-0.2, 0) is 6.54 Å². The van der Waals surface area contributed by atoms with Gasteiger partial charge in [-0.1, -0.05) is 24.9 Å². The number of hydrogen-bond acceptors (Lipinski definition) is 4. The lowest BCUT2D eigenvalue weighted by Gasteiger charge is -2.08. The number of hydrogen-bond donors (Lipinski definition) is 1. The van der Waals surface area contributed by atoms with Gasteiger partial charge in [-0.3, -0.25) is 4.68 Å². The number of aromatic nitrogens is 4. The number of rotatable bonds is 6. The first kappa shape index (κ1) is 14.3. The van der Waals surface area contributed by atoms with Crippen molar-refractivity contribution in [3.05, 3.63) is 28.9 Å². The van der Waals surface area contributed by atoms with Gasteiger partial charge in [-0.05, 0) is 26.2 Å². The SMILES string of the molecule is CCCCn1ncc(Nc2cc(Cl)nc(C3CC3)n2)c1C. The average Bonchev–Trinajstić information content (AvgIpc) is 3.25. The molecule has 0 aliphatic heterocycles. The van der Waals surface area contributed by atoms with Crippen LogP contribution in [0.15, 0.2) is 12.3 Å². The Morgan fingerprint density at radius 3 is 2.90 bits per heavy atom. The van der Waals surface area contributed by atoms with E-state index in [-0.39, 0.29) is 0 Å². The average molecular weight is 306 g/mol. The summed E-state index contributed by atoms with van der Waals surface area (Å²) in [4.78, 5) is 8.86. The summed E-state index contributed by atoms with van der Waals surface area (Å²) in [6.45, 7) is 5.19. The standard InChI is InChI=1S/C15H20ClN5/c1-3-4-7-21-10(2)12(9-17-21)18-14-8-13(16)19-15(20-14)11-5-6-11/h8-9,11H,3-7H2,1-2H3,(H,18,19,20). The van der Waals surface area contributed by atoms with Gasteiger partial charge in [-0.15, -0.1) is 0 Å². The number of aryl methyl sites for hydroxylation is 1. The van der Waals surface area contributed by atoms with Crippen LogP contribution >= 0.6 is 11.6 Å². The summed E-state index contributed by atoms with van der Waals surface area (Å²) in [5.74, 6) is 2.08. The highest BCUT2D eigenvalue weighted by molar-refractivity contribution is 6.29. The van der Waals surface area contributed by atoms with E-state index in [9.17, 15) is 0 Å². The number of nitrogens with zero attached hydrogens (tertiary/aromatic N) is 4. The molecule has 5 nitrogen and oxygen atoms in total. The molecule has 0 saturated heterocycles. The molecule has 2 aromatic rings. The maximum Gasteiger partial charge on any atom is 0.135 e. The summed E-state index contributed by atoms with van der Waals surface area (Å²) in [7, 11) is 0. The van der Waals surface area contributed by atoms with Gasteiger partial charge < -0.3 is 5.32 Å². The molecule has 3 rings (SSSR count). The van der Waals surface area contributed by atoms with Gasteiger partial charge in [-0.25, -0.2) is 9.97 Å². The Kier molecular flexibility index (Phi) is 4.10. The second kappa shape index (κ2) is 6.02. The second-order valence-electron chi connectivity index (χ2n) is 5.55. The Balaban J connectivity index is 1.78. The van der Waals surface area contributed by atoms with E-state index >= 15 is 0 Å². The minimum atomic E-state index is 0.484. The fourth-order valence-electron chi connectivity index (χ4n) is 2.26. The van der Waals surface area contributed by atoms with Crippen LogP contribution in [0, 0.1) is 6.92 Å². The zero-order valence-electron chi connectivity index (χ0n) is 12.4.